The molecule has 4 nitrogen and oxygen atoms in total. The molecule has 1 amide bonds. The highest BCUT2D eigenvalue weighted by Crippen LogP contribution is 2.10. The number of hydrogen-bond donors (Lipinski definition) is 1. The van der Waals surface area contributed by atoms with E-state index in [1.165, 1.54) is 12.8 Å². The van der Waals surface area contributed by atoms with Gasteiger partial charge in [0, 0.05) is 25.3 Å². The van der Waals surface area contributed by atoms with Gasteiger partial charge in [-0.15, -0.1) is 0 Å². The zero-order chi connectivity index (χ0) is 15.5. The molecular formula is C17H24N2O2. The SMILES string of the molecule is CCCC(C)COCCCC(=O)Nc1cccc(C#N)c1. The van der Waals surface area contributed by atoms with Gasteiger partial charge in [0.15, 0.2) is 0 Å². The predicted molar refractivity (Wildman–Crippen MR) is 83.9 cm³/mol. The summed E-state index contributed by atoms with van der Waals surface area (Å²) in [6.07, 6.45) is 3.49. The molecule has 1 N–H and O–H groups in total. The summed E-state index contributed by atoms with van der Waals surface area (Å²) in [7, 11) is 0. The zero-order valence-electron chi connectivity index (χ0n) is 12.9. The van der Waals surface area contributed by atoms with Crippen LogP contribution in [0.5, 0.6) is 0 Å². The molecule has 21 heavy (non-hydrogen) atoms. The number of hydrogen-bond acceptors (Lipinski definition) is 3. The summed E-state index contributed by atoms with van der Waals surface area (Å²) >= 11 is 0. The molecule has 0 fully saturated rings. The quantitative estimate of drug-likeness (QED) is 0.704. The minimum Gasteiger partial charge on any atom is -0.381 e. The van der Waals surface area contributed by atoms with Crippen molar-refractivity contribution in [2.45, 2.75) is 39.5 Å². The highest BCUT2D eigenvalue weighted by atomic mass is 16.5. The van der Waals surface area contributed by atoms with Crippen LogP contribution in [-0.4, -0.2) is 19.1 Å². The third-order valence-electron chi connectivity index (χ3n) is 3.15. The third kappa shape index (κ3) is 7.48. The van der Waals surface area contributed by atoms with Gasteiger partial charge in [-0.3, -0.25) is 4.79 Å². The van der Waals surface area contributed by atoms with E-state index >= 15 is 0 Å². The van der Waals surface area contributed by atoms with Crippen molar-refractivity contribution in [1.29, 1.82) is 5.26 Å². The Bertz CT molecular complexity index is 480. The van der Waals surface area contributed by atoms with Gasteiger partial charge in [-0.1, -0.05) is 26.3 Å². The maximum atomic E-state index is 11.8. The molecule has 0 aliphatic heterocycles. The predicted octanol–water partition coefficient (Wildman–Crippen LogP) is 3.73. The first-order valence-electron chi connectivity index (χ1n) is 7.53. The van der Waals surface area contributed by atoms with Crippen LogP contribution in [0.15, 0.2) is 24.3 Å². The van der Waals surface area contributed by atoms with Crippen LogP contribution in [0, 0.1) is 17.2 Å². The highest BCUT2D eigenvalue weighted by Gasteiger charge is 2.04. The molecule has 1 rings (SSSR count). The first-order chi connectivity index (χ1) is 10.2. The van der Waals surface area contributed by atoms with E-state index in [0.29, 0.717) is 36.6 Å². The van der Waals surface area contributed by atoms with Crippen molar-refractivity contribution < 1.29 is 9.53 Å². The van der Waals surface area contributed by atoms with Gasteiger partial charge >= 0.3 is 0 Å². The Morgan fingerprint density at radius 2 is 2.29 bits per heavy atom. The summed E-state index contributed by atoms with van der Waals surface area (Å²) in [5.41, 5.74) is 1.21. The van der Waals surface area contributed by atoms with Crippen molar-refractivity contribution in [3.8, 4) is 6.07 Å². The molecule has 0 aliphatic carbocycles. The standard InChI is InChI=1S/C17H24N2O2/c1-3-6-14(2)13-21-10-5-9-17(20)19-16-8-4-7-15(11-16)12-18/h4,7-8,11,14H,3,5-6,9-10,13H2,1-2H3,(H,19,20). The summed E-state index contributed by atoms with van der Waals surface area (Å²) < 4.78 is 5.56. The van der Waals surface area contributed by atoms with E-state index in [1.807, 2.05) is 0 Å². The maximum Gasteiger partial charge on any atom is 0.224 e. The van der Waals surface area contributed by atoms with E-state index in [9.17, 15) is 4.79 Å². The molecule has 4 heteroatoms. The van der Waals surface area contributed by atoms with Gasteiger partial charge in [0.05, 0.1) is 11.6 Å². The van der Waals surface area contributed by atoms with Gasteiger partial charge in [0.1, 0.15) is 0 Å². The van der Waals surface area contributed by atoms with Gasteiger partial charge in [-0.2, -0.15) is 5.26 Å². The number of carbonyl (C=O) groups excluding carboxylic acids is 1. The van der Waals surface area contributed by atoms with Crippen LogP contribution in [0.2, 0.25) is 0 Å². The lowest BCUT2D eigenvalue weighted by atomic mass is 10.1. The van der Waals surface area contributed by atoms with Crippen LogP contribution in [0.1, 0.15) is 45.1 Å². The maximum absolute atomic E-state index is 11.8. The molecule has 0 saturated carbocycles. The second kappa shape index (κ2) is 9.95. The average molecular weight is 288 g/mol. The summed E-state index contributed by atoms with van der Waals surface area (Å²) in [5, 5.41) is 11.6. The van der Waals surface area contributed by atoms with Crippen molar-refractivity contribution in [2.75, 3.05) is 18.5 Å². The summed E-state index contributed by atoms with van der Waals surface area (Å²) in [4.78, 5) is 11.8. The molecule has 1 aromatic carbocycles. The lowest BCUT2D eigenvalue weighted by Crippen LogP contribution is -2.13. The van der Waals surface area contributed by atoms with Gasteiger partial charge in [0.25, 0.3) is 0 Å². The normalized spacial score (nSPS) is 11.7. The molecule has 0 bridgehead atoms. The Morgan fingerprint density at radius 1 is 1.48 bits per heavy atom. The van der Waals surface area contributed by atoms with Crippen molar-refractivity contribution >= 4 is 11.6 Å². The summed E-state index contributed by atoms with van der Waals surface area (Å²) in [6.45, 7) is 5.72. The molecule has 1 atom stereocenters. The molecule has 114 valence electrons. The fourth-order valence-corrected chi connectivity index (χ4v) is 2.09. The molecule has 0 aromatic heterocycles. The third-order valence-corrected chi connectivity index (χ3v) is 3.15. The van der Waals surface area contributed by atoms with E-state index in [1.54, 1.807) is 24.3 Å². The number of anilines is 1. The zero-order valence-corrected chi connectivity index (χ0v) is 12.9. The van der Waals surface area contributed by atoms with Crippen molar-refractivity contribution in [1.82, 2.24) is 0 Å². The fourth-order valence-electron chi connectivity index (χ4n) is 2.09. The van der Waals surface area contributed by atoms with Gasteiger partial charge in [-0.25, -0.2) is 0 Å². The number of rotatable bonds is 9. The smallest absolute Gasteiger partial charge is 0.224 e. The molecule has 0 saturated heterocycles. The average Bonchev–Trinajstić information content (AvgIpc) is 2.47. The lowest BCUT2D eigenvalue weighted by Gasteiger charge is -2.10. The molecular weight excluding hydrogens is 264 g/mol. The van der Waals surface area contributed by atoms with E-state index in [-0.39, 0.29) is 5.91 Å². The number of nitrogens with one attached hydrogen (secondary N) is 1. The Kier molecular flexibility index (Phi) is 8.15. The first-order valence-corrected chi connectivity index (χ1v) is 7.53. The van der Waals surface area contributed by atoms with Gasteiger partial charge in [-0.05, 0) is 37.0 Å². The molecule has 0 spiro atoms. The monoisotopic (exact) mass is 288 g/mol. The summed E-state index contributed by atoms with van der Waals surface area (Å²) in [5.74, 6) is 0.535. The van der Waals surface area contributed by atoms with Crippen molar-refractivity contribution in [3.63, 3.8) is 0 Å². The van der Waals surface area contributed by atoms with Crippen LogP contribution < -0.4 is 5.32 Å². The second-order valence-corrected chi connectivity index (χ2v) is 5.31. The second-order valence-electron chi connectivity index (χ2n) is 5.31. The molecule has 1 aromatic rings. The van der Waals surface area contributed by atoms with Crippen LogP contribution in [-0.2, 0) is 9.53 Å². The lowest BCUT2D eigenvalue weighted by molar-refractivity contribution is -0.116. The summed E-state index contributed by atoms with van der Waals surface area (Å²) in [6, 6.07) is 8.96. The van der Waals surface area contributed by atoms with Crippen LogP contribution >= 0.6 is 0 Å². The Labute approximate surface area is 127 Å². The Balaban J connectivity index is 2.18. The number of ether oxygens (including phenoxy) is 1. The minimum atomic E-state index is -0.0460. The van der Waals surface area contributed by atoms with Crippen LogP contribution in [0.25, 0.3) is 0 Å². The number of benzene rings is 1. The molecule has 0 radical (unpaired) electrons. The van der Waals surface area contributed by atoms with E-state index in [4.69, 9.17) is 10.00 Å². The highest BCUT2D eigenvalue weighted by molar-refractivity contribution is 5.90. The van der Waals surface area contributed by atoms with E-state index < -0.39 is 0 Å². The number of carbonyl (C=O) groups is 1. The molecule has 1 unspecified atom stereocenters. The number of nitriles is 1. The van der Waals surface area contributed by atoms with E-state index in [2.05, 4.69) is 25.2 Å². The van der Waals surface area contributed by atoms with Crippen molar-refractivity contribution in [3.05, 3.63) is 29.8 Å². The molecule has 0 aliphatic rings. The number of nitrogens with zero attached hydrogens (tertiary/aromatic N) is 1. The first kappa shape index (κ1) is 17.2. The Morgan fingerprint density at radius 3 is 3.00 bits per heavy atom. The largest absolute Gasteiger partial charge is 0.381 e. The van der Waals surface area contributed by atoms with E-state index in [0.717, 1.165) is 6.61 Å². The Hall–Kier alpha value is -1.86. The van der Waals surface area contributed by atoms with Gasteiger partial charge in [0.2, 0.25) is 5.91 Å². The number of amides is 1. The van der Waals surface area contributed by atoms with Gasteiger partial charge < -0.3 is 10.1 Å². The molecule has 0 heterocycles. The van der Waals surface area contributed by atoms with Crippen LogP contribution in [0.3, 0.4) is 0 Å². The topological polar surface area (TPSA) is 62.1 Å². The van der Waals surface area contributed by atoms with Crippen LogP contribution in [0.4, 0.5) is 5.69 Å². The minimum absolute atomic E-state index is 0.0460. The fraction of sp³-hybridized carbons (Fsp3) is 0.529. The van der Waals surface area contributed by atoms with Crippen molar-refractivity contribution in [2.24, 2.45) is 5.92 Å².